The van der Waals surface area contributed by atoms with Crippen LogP contribution in [0, 0.1) is 5.82 Å². The van der Waals surface area contributed by atoms with Gasteiger partial charge in [-0.2, -0.15) is 0 Å². The van der Waals surface area contributed by atoms with Crippen molar-refractivity contribution in [3.8, 4) is 0 Å². The normalized spacial score (nSPS) is 15.6. The van der Waals surface area contributed by atoms with Crippen LogP contribution in [0.2, 0.25) is 11.1 Å². The number of hydrogen-bond acceptors (Lipinski definition) is 1. The van der Waals surface area contributed by atoms with Crippen molar-refractivity contribution in [2.45, 2.75) is 37.5 Å². The molecule has 0 heterocycles. The summed E-state index contributed by atoms with van der Waals surface area (Å²) in [7, 11) is 0.594. The average Bonchev–Trinajstić information content (AvgIpc) is 2.26. The Bertz CT molecular complexity index is 361. The minimum Gasteiger partial charge on any atom is -0.384 e. The maximum absolute atomic E-state index is 12.8. The molecule has 0 amide bonds. The van der Waals surface area contributed by atoms with E-state index in [1.807, 2.05) is 0 Å². The Balaban J connectivity index is 2.84. The molecule has 0 aromatic heterocycles. The van der Waals surface area contributed by atoms with E-state index in [9.17, 15) is 9.50 Å². The quantitative estimate of drug-likeness (QED) is 0.656. The topological polar surface area (TPSA) is 20.2 Å². The van der Waals surface area contributed by atoms with Gasteiger partial charge in [0, 0.05) is 9.52 Å². The number of rotatable bonds is 4. The van der Waals surface area contributed by atoms with Gasteiger partial charge in [-0.3, -0.25) is 0 Å². The van der Waals surface area contributed by atoms with Gasteiger partial charge in [-0.25, -0.2) is 4.39 Å². The molecular weight excluding hydrogens is 255 g/mol. The molecule has 1 nitrogen and oxygen atoms in total. The van der Waals surface area contributed by atoms with Crippen LogP contribution in [-0.4, -0.2) is 20.5 Å². The predicted molar refractivity (Wildman–Crippen MR) is 71.3 cm³/mol. The molecule has 0 bridgehead atoms. The third kappa shape index (κ3) is 4.41. The predicted octanol–water partition coefficient (Wildman–Crippen LogP) is 3.59. The van der Waals surface area contributed by atoms with Crippen LogP contribution in [0.25, 0.3) is 0 Å². The molecule has 4 heteroatoms. The Hall–Kier alpha value is -0.383. The zero-order valence-electron chi connectivity index (χ0n) is 10.4. The van der Waals surface area contributed by atoms with Gasteiger partial charge in [0.05, 0.1) is 5.88 Å². The highest BCUT2D eigenvalue weighted by Crippen LogP contribution is 2.32. The Morgan fingerprint density at radius 2 is 1.76 bits per heavy atom. The second-order valence-electron chi connectivity index (χ2n) is 5.28. The van der Waals surface area contributed by atoms with Crippen molar-refractivity contribution in [2.75, 3.05) is 5.88 Å². The van der Waals surface area contributed by atoms with E-state index in [2.05, 4.69) is 20.8 Å². The van der Waals surface area contributed by atoms with Crippen molar-refractivity contribution in [3.63, 3.8) is 0 Å². The molecule has 2 radical (unpaired) electrons. The first-order chi connectivity index (χ1) is 7.77. The third-order valence-corrected chi connectivity index (χ3v) is 4.78. The van der Waals surface area contributed by atoms with Gasteiger partial charge in [0.1, 0.15) is 11.4 Å². The molecule has 0 saturated carbocycles. The zero-order chi connectivity index (χ0) is 13.1. The van der Waals surface area contributed by atoms with E-state index in [0.717, 1.165) is 0 Å². The van der Waals surface area contributed by atoms with Gasteiger partial charge in [0.15, 0.2) is 0 Å². The van der Waals surface area contributed by atoms with Gasteiger partial charge in [0.25, 0.3) is 0 Å². The van der Waals surface area contributed by atoms with Crippen molar-refractivity contribution < 1.29 is 9.50 Å². The molecule has 94 valence electrons. The van der Waals surface area contributed by atoms with Gasteiger partial charge in [-0.15, -0.1) is 11.6 Å². The molecule has 1 rings (SSSR count). The monoisotopic (exact) mass is 272 g/mol. The minimum atomic E-state index is -1.05. The summed E-state index contributed by atoms with van der Waals surface area (Å²) in [4.78, 5) is 0. The number of hydrogen-bond donors (Lipinski definition) is 1. The molecule has 0 saturated heterocycles. The number of aliphatic hydroxyl groups is 1. The first-order valence-corrected chi connectivity index (χ1v) is 7.30. The van der Waals surface area contributed by atoms with E-state index < -0.39 is 5.60 Å². The highest BCUT2D eigenvalue weighted by Gasteiger charge is 2.30. The molecule has 1 atom stereocenters. The smallest absolute Gasteiger partial charge is 0.123 e. The first-order valence-electron chi connectivity index (χ1n) is 5.56. The van der Waals surface area contributed by atoms with E-state index in [4.69, 9.17) is 11.6 Å². The van der Waals surface area contributed by atoms with Gasteiger partial charge in [0.2, 0.25) is 0 Å². The summed E-state index contributed by atoms with van der Waals surface area (Å²) in [6, 6.07) is 6.52. The van der Waals surface area contributed by atoms with E-state index >= 15 is 0 Å². The van der Waals surface area contributed by atoms with Crippen molar-refractivity contribution in [2.24, 2.45) is 0 Å². The summed E-state index contributed by atoms with van der Waals surface area (Å²) in [5.41, 5.74) is -0.369. The molecule has 0 aliphatic heterocycles. The van der Waals surface area contributed by atoms with Crippen LogP contribution in [0.15, 0.2) is 24.3 Å². The van der Waals surface area contributed by atoms with Gasteiger partial charge >= 0.3 is 0 Å². The lowest BCUT2D eigenvalue weighted by Gasteiger charge is -2.29. The van der Waals surface area contributed by atoms with E-state index in [-0.39, 0.29) is 16.7 Å². The maximum Gasteiger partial charge on any atom is 0.123 e. The number of alkyl halides is 1. The zero-order valence-corrected chi connectivity index (χ0v) is 12.2. The largest absolute Gasteiger partial charge is 0.384 e. The van der Waals surface area contributed by atoms with Crippen LogP contribution in [-0.2, 0) is 5.60 Å². The molecule has 0 aliphatic carbocycles. The summed E-state index contributed by atoms with van der Waals surface area (Å²) in [5.74, 6) is -0.175. The fourth-order valence-corrected chi connectivity index (χ4v) is 2.96. The second kappa shape index (κ2) is 5.51. The molecule has 1 N–H and O–H groups in total. The Morgan fingerprint density at radius 3 is 2.18 bits per heavy atom. The standard InChI is InChI=1S/C13H18ClFOSi/c1-12(2,3)17-9-13(16,8-14)10-4-6-11(15)7-5-10/h4-7,16H,8-9H2,1-3H3. The summed E-state index contributed by atoms with van der Waals surface area (Å²) in [5, 5.41) is 10.7. The Labute approximate surface area is 110 Å². The SMILES string of the molecule is CC(C)(C)[Si]CC(O)(CCl)c1ccc(F)cc1. The molecule has 1 aromatic rings. The van der Waals surface area contributed by atoms with Gasteiger partial charge in [-0.1, -0.05) is 32.9 Å². The highest BCUT2D eigenvalue weighted by molar-refractivity contribution is 6.40. The Kier molecular flexibility index (Phi) is 4.75. The highest BCUT2D eigenvalue weighted by atomic mass is 35.5. The molecule has 17 heavy (non-hydrogen) atoms. The van der Waals surface area contributed by atoms with Crippen LogP contribution in [0.5, 0.6) is 0 Å². The maximum atomic E-state index is 12.8. The molecular formula is C13H18ClFOSi. The average molecular weight is 273 g/mol. The number of halogens is 2. The lowest BCUT2D eigenvalue weighted by Crippen LogP contribution is -2.31. The van der Waals surface area contributed by atoms with Crippen LogP contribution in [0.3, 0.4) is 0 Å². The molecule has 1 unspecified atom stereocenters. The summed E-state index contributed by atoms with van der Waals surface area (Å²) in [6.45, 7) is 6.39. The van der Waals surface area contributed by atoms with Crippen LogP contribution >= 0.6 is 11.6 Å². The van der Waals surface area contributed by atoms with Crippen LogP contribution in [0.4, 0.5) is 4.39 Å². The lowest BCUT2D eigenvalue weighted by atomic mass is 9.98. The van der Waals surface area contributed by atoms with Gasteiger partial charge < -0.3 is 5.11 Å². The minimum absolute atomic E-state index is 0.127. The number of benzene rings is 1. The van der Waals surface area contributed by atoms with Crippen molar-refractivity contribution in [1.82, 2.24) is 0 Å². The lowest BCUT2D eigenvalue weighted by molar-refractivity contribution is 0.0816. The third-order valence-electron chi connectivity index (χ3n) is 2.51. The van der Waals surface area contributed by atoms with Crippen LogP contribution in [0.1, 0.15) is 26.3 Å². The fourth-order valence-electron chi connectivity index (χ4n) is 1.40. The van der Waals surface area contributed by atoms with Crippen molar-refractivity contribution >= 4 is 21.1 Å². The summed E-state index contributed by atoms with van der Waals surface area (Å²) in [6.07, 6.45) is 0. The summed E-state index contributed by atoms with van der Waals surface area (Å²) < 4.78 is 12.8. The summed E-state index contributed by atoms with van der Waals surface area (Å²) >= 11 is 5.87. The fraction of sp³-hybridized carbons (Fsp3) is 0.538. The molecule has 0 fully saturated rings. The van der Waals surface area contributed by atoms with E-state index in [0.29, 0.717) is 21.1 Å². The second-order valence-corrected chi connectivity index (χ2v) is 7.75. The molecule has 0 spiro atoms. The van der Waals surface area contributed by atoms with Gasteiger partial charge in [-0.05, 0) is 28.8 Å². The van der Waals surface area contributed by atoms with Crippen molar-refractivity contribution in [1.29, 1.82) is 0 Å². The van der Waals surface area contributed by atoms with Crippen LogP contribution < -0.4 is 0 Å². The van der Waals surface area contributed by atoms with Crippen molar-refractivity contribution in [3.05, 3.63) is 35.6 Å². The van der Waals surface area contributed by atoms with E-state index in [1.165, 1.54) is 12.1 Å². The Morgan fingerprint density at radius 1 is 1.24 bits per heavy atom. The molecule has 0 aliphatic rings. The first kappa shape index (κ1) is 14.7. The molecule has 1 aromatic carbocycles. The van der Waals surface area contributed by atoms with E-state index in [1.54, 1.807) is 12.1 Å².